The minimum atomic E-state index is -1.90. The lowest BCUT2D eigenvalue weighted by Crippen LogP contribution is -2.40. The van der Waals surface area contributed by atoms with E-state index in [4.69, 9.17) is 13.6 Å². The van der Waals surface area contributed by atoms with E-state index in [1.807, 2.05) is 30.3 Å². The van der Waals surface area contributed by atoms with Crippen LogP contribution in [0.25, 0.3) is 17.0 Å². The Morgan fingerprint density at radius 2 is 1.86 bits per heavy atom. The lowest BCUT2D eigenvalue weighted by molar-refractivity contribution is -0.113. The summed E-state index contributed by atoms with van der Waals surface area (Å²) in [5.41, 5.74) is 1.41. The van der Waals surface area contributed by atoms with Crippen molar-refractivity contribution in [2.75, 3.05) is 13.7 Å². The number of carbonyl (C=O) groups is 1. The van der Waals surface area contributed by atoms with E-state index in [0.29, 0.717) is 17.2 Å². The second kappa shape index (κ2) is 9.25. The van der Waals surface area contributed by atoms with E-state index in [-0.39, 0.29) is 17.4 Å². The third-order valence-electron chi connectivity index (χ3n) is 5.16. The van der Waals surface area contributed by atoms with Crippen molar-refractivity contribution in [1.29, 1.82) is 0 Å². The first-order valence-corrected chi connectivity index (χ1v) is 12.4. The predicted octanol–water partition coefficient (Wildman–Crippen LogP) is 5.31. The van der Waals surface area contributed by atoms with Crippen molar-refractivity contribution in [2.24, 2.45) is 0 Å². The fraction of sp³-hybridized carbons (Fsp3) is 0.391. The zero-order chi connectivity index (χ0) is 21.7. The first-order valence-electron chi connectivity index (χ1n) is 9.50. The summed E-state index contributed by atoms with van der Waals surface area (Å²) in [5.74, 6) is 6.10. The van der Waals surface area contributed by atoms with Crippen molar-refractivity contribution >= 4 is 19.7 Å². The fourth-order valence-corrected chi connectivity index (χ4v) is 3.16. The number of rotatable bonds is 6. The molecule has 0 amide bonds. The molecule has 0 saturated heterocycles. The van der Waals surface area contributed by atoms with Crippen molar-refractivity contribution in [3.63, 3.8) is 0 Å². The Balaban J connectivity index is 2.15. The first kappa shape index (κ1) is 22.7. The molecular formula is C23H29NO4Si. The number of ether oxygens (including phenoxy) is 1. The molecule has 0 N–H and O–H groups in total. The van der Waals surface area contributed by atoms with Crippen LogP contribution in [0.4, 0.5) is 0 Å². The SMILES string of the molecule is CO/C(C(=O)C#CCO[Si](C)(C)C(C)(C)C)=C(\C)c1cnc(-c2ccccc2)o1. The minimum Gasteiger partial charge on any atom is -0.492 e. The molecule has 5 nitrogen and oxygen atoms in total. The molecule has 0 bridgehead atoms. The van der Waals surface area contributed by atoms with Gasteiger partial charge < -0.3 is 13.6 Å². The maximum absolute atomic E-state index is 12.5. The van der Waals surface area contributed by atoms with E-state index < -0.39 is 14.1 Å². The van der Waals surface area contributed by atoms with Gasteiger partial charge >= 0.3 is 0 Å². The van der Waals surface area contributed by atoms with Gasteiger partial charge in [0, 0.05) is 11.1 Å². The van der Waals surface area contributed by atoms with E-state index in [1.54, 1.807) is 13.1 Å². The van der Waals surface area contributed by atoms with Gasteiger partial charge in [0.05, 0.1) is 19.9 Å². The standard InChI is InChI=1S/C23H29NO4Si/c1-17(20-16-24-22(28-20)18-12-9-8-10-13-18)21(26-5)19(25)14-11-15-27-29(6,7)23(2,3)4/h8-10,12-13,16H,15H2,1-7H3/b21-17+. The van der Waals surface area contributed by atoms with E-state index in [9.17, 15) is 4.79 Å². The lowest BCUT2D eigenvalue weighted by Gasteiger charge is -2.35. The zero-order valence-electron chi connectivity index (χ0n) is 18.3. The minimum absolute atomic E-state index is 0.0929. The summed E-state index contributed by atoms with van der Waals surface area (Å²) >= 11 is 0. The second-order valence-electron chi connectivity index (χ2n) is 8.23. The van der Waals surface area contributed by atoms with Crippen LogP contribution >= 0.6 is 0 Å². The third-order valence-corrected chi connectivity index (χ3v) is 9.64. The van der Waals surface area contributed by atoms with Crippen molar-refractivity contribution in [3.8, 4) is 23.3 Å². The van der Waals surface area contributed by atoms with E-state index in [0.717, 1.165) is 5.56 Å². The average molecular weight is 412 g/mol. The van der Waals surface area contributed by atoms with Crippen LogP contribution in [0.15, 0.2) is 46.7 Å². The van der Waals surface area contributed by atoms with Crippen LogP contribution < -0.4 is 0 Å². The van der Waals surface area contributed by atoms with Gasteiger partial charge in [-0.25, -0.2) is 4.98 Å². The van der Waals surface area contributed by atoms with Crippen molar-refractivity contribution < 1.29 is 18.4 Å². The van der Waals surface area contributed by atoms with Crippen molar-refractivity contribution in [2.45, 2.75) is 45.8 Å². The number of allylic oxidation sites excluding steroid dienone is 2. The van der Waals surface area contributed by atoms with Gasteiger partial charge in [-0.2, -0.15) is 0 Å². The molecule has 0 saturated carbocycles. The lowest BCUT2D eigenvalue weighted by atomic mass is 10.1. The van der Waals surface area contributed by atoms with Gasteiger partial charge in [0.2, 0.25) is 5.89 Å². The molecule has 2 rings (SSSR count). The number of hydrogen-bond donors (Lipinski definition) is 0. The smallest absolute Gasteiger partial charge is 0.270 e. The molecule has 29 heavy (non-hydrogen) atoms. The van der Waals surface area contributed by atoms with E-state index in [2.05, 4.69) is 50.7 Å². The third kappa shape index (κ3) is 5.69. The number of aromatic nitrogens is 1. The molecule has 0 radical (unpaired) electrons. The molecule has 0 unspecified atom stereocenters. The Morgan fingerprint density at radius 3 is 2.45 bits per heavy atom. The average Bonchev–Trinajstić information content (AvgIpc) is 3.16. The largest absolute Gasteiger partial charge is 0.492 e. The van der Waals surface area contributed by atoms with Crippen LogP contribution in [0.1, 0.15) is 33.5 Å². The molecule has 1 aromatic carbocycles. The highest BCUT2D eigenvalue weighted by Gasteiger charge is 2.36. The Morgan fingerprint density at radius 1 is 1.21 bits per heavy atom. The number of carbonyl (C=O) groups excluding carboxylic acids is 1. The number of nitrogens with zero attached hydrogens (tertiary/aromatic N) is 1. The molecule has 0 fully saturated rings. The van der Waals surface area contributed by atoms with Crippen molar-refractivity contribution in [3.05, 3.63) is 48.0 Å². The van der Waals surface area contributed by atoms with Gasteiger partial charge in [0.1, 0.15) is 0 Å². The number of hydrogen-bond acceptors (Lipinski definition) is 5. The Kier molecular flexibility index (Phi) is 7.23. The van der Waals surface area contributed by atoms with E-state index in [1.165, 1.54) is 7.11 Å². The number of ketones is 1. The highest BCUT2D eigenvalue weighted by molar-refractivity contribution is 6.74. The molecule has 0 atom stereocenters. The predicted molar refractivity (Wildman–Crippen MR) is 117 cm³/mol. The second-order valence-corrected chi connectivity index (χ2v) is 13.0. The summed E-state index contributed by atoms with van der Waals surface area (Å²) in [6, 6.07) is 9.56. The monoisotopic (exact) mass is 411 g/mol. The Bertz CT molecular complexity index is 940. The van der Waals surface area contributed by atoms with Gasteiger partial charge in [-0.3, -0.25) is 4.79 Å². The number of benzene rings is 1. The molecule has 6 heteroatoms. The maximum Gasteiger partial charge on any atom is 0.270 e. The highest BCUT2D eigenvalue weighted by Crippen LogP contribution is 2.36. The van der Waals surface area contributed by atoms with Gasteiger partial charge in [0.15, 0.2) is 19.8 Å². The summed E-state index contributed by atoms with van der Waals surface area (Å²) in [6.07, 6.45) is 1.58. The molecule has 154 valence electrons. The number of oxazole rings is 1. The van der Waals surface area contributed by atoms with Crippen LogP contribution in [0.3, 0.4) is 0 Å². The first-order chi connectivity index (χ1) is 13.6. The topological polar surface area (TPSA) is 61.6 Å². The quantitative estimate of drug-likeness (QED) is 0.212. The fourth-order valence-electron chi connectivity index (χ4n) is 2.30. The van der Waals surface area contributed by atoms with Crippen LogP contribution in [-0.2, 0) is 14.0 Å². The summed E-state index contributed by atoms with van der Waals surface area (Å²) in [5, 5.41) is 0.0929. The summed E-state index contributed by atoms with van der Waals surface area (Å²) in [6.45, 7) is 12.7. The van der Waals surface area contributed by atoms with Crippen LogP contribution in [0.5, 0.6) is 0 Å². The van der Waals surface area contributed by atoms with Gasteiger partial charge in [-0.05, 0) is 43.1 Å². The molecule has 1 heterocycles. The Labute approximate surface area is 174 Å². The normalized spacial score (nSPS) is 12.7. The van der Waals surface area contributed by atoms with E-state index >= 15 is 0 Å². The van der Waals surface area contributed by atoms with Gasteiger partial charge in [0.25, 0.3) is 5.78 Å². The summed E-state index contributed by atoms with van der Waals surface area (Å²) in [7, 11) is -0.453. The van der Waals surface area contributed by atoms with Gasteiger partial charge in [-0.1, -0.05) is 44.9 Å². The molecule has 1 aromatic heterocycles. The van der Waals surface area contributed by atoms with Gasteiger partial charge in [-0.15, -0.1) is 0 Å². The Hall–Kier alpha value is -2.62. The molecule has 0 aliphatic heterocycles. The van der Waals surface area contributed by atoms with Crippen LogP contribution in [0.2, 0.25) is 18.1 Å². The van der Waals surface area contributed by atoms with Crippen LogP contribution in [0, 0.1) is 11.8 Å². The molecule has 0 aliphatic carbocycles. The molecular weight excluding hydrogens is 382 g/mol. The summed E-state index contributed by atoms with van der Waals surface area (Å²) < 4.78 is 17.1. The summed E-state index contributed by atoms with van der Waals surface area (Å²) in [4.78, 5) is 16.8. The molecule has 0 spiro atoms. The molecule has 0 aliphatic rings. The van der Waals surface area contributed by atoms with Crippen LogP contribution in [-0.4, -0.2) is 32.8 Å². The van der Waals surface area contributed by atoms with Crippen molar-refractivity contribution in [1.82, 2.24) is 4.98 Å². The zero-order valence-corrected chi connectivity index (χ0v) is 19.3. The highest BCUT2D eigenvalue weighted by atomic mass is 28.4. The number of Topliss-reactive ketones (excluding diaryl/α,β-unsaturated/α-hetero) is 1. The number of methoxy groups -OCH3 is 1. The maximum atomic E-state index is 12.5. The molecule has 2 aromatic rings.